The average molecular weight is 396 g/mol. The summed E-state index contributed by atoms with van der Waals surface area (Å²) in [5, 5.41) is 0. The largest absolute Gasteiger partial charge is 0.493 e. The van der Waals surface area contributed by atoms with Crippen molar-refractivity contribution in [1.82, 2.24) is 0 Å². The normalized spacial score (nSPS) is 18.1. The van der Waals surface area contributed by atoms with Gasteiger partial charge < -0.3 is 18.9 Å². The van der Waals surface area contributed by atoms with Gasteiger partial charge in [0.2, 0.25) is 0 Å². The van der Waals surface area contributed by atoms with Crippen molar-refractivity contribution in [2.45, 2.75) is 26.9 Å². The molecule has 0 amide bonds. The molecule has 0 N–H and O–H groups in total. The molecule has 152 valence electrons. The maximum absolute atomic E-state index is 12.6. The quantitative estimate of drug-likeness (QED) is 0.695. The van der Waals surface area contributed by atoms with Crippen molar-refractivity contribution < 1.29 is 28.5 Å². The Morgan fingerprint density at radius 2 is 1.66 bits per heavy atom. The van der Waals surface area contributed by atoms with E-state index in [9.17, 15) is 9.59 Å². The zero-order chi connectivity index (χ0) is 21.2. The molecule has 1 aliphatic heterocycles. The maximum atomic E-state index is 12.6. The van der Waals surface area contributed by atoms with Crippen LogP contribution in [0.25, 0.3) is 0 Å². The molecule has 0 saturated carbocycles. The highest BCUT2D eigenvalue weighted by atomic mass is 16.6. The molecule has 2 aromatic rings. The van der Waals surface area contributed by atoms with Crippen LogP contribution in [0.3, 0.4) is 0 Å². The van der Waals surface area contributed by atoms with Crippen LogP contribution in [0.5, 0.6) is 11.5 Å². The molecule has 1 aliphatic rings. The van der Waals surface area contributed by atoms with Gasteiger partial charge in [-0.2, -0.15) is 0 Å². The third-order valence-corrected chi connectivity index (χ3v) is 5.03. The average Bonchev–Trinajstić information content (AvgIpc) is 2.73. The van der Waals surface area contributed by atoms with Crippen molar-refractivity contribution >= 4 is 11.9 Å². The molecule has 3 rings (SSSR count). The van der Waals surface area contributed by atoms with Gasteiger partial charge in [0.25, 0.3) is 0 Å². The van der Waals surface area contributed by atoms with Gasteiger partial charge in [-0.25, -0.2) is 9.59 Å². The monoisotopic (exact) mass is 396 g/mol. The van der Waals surface area contributed by atoms with Crippen molar-refractivity contribution in [2.75, 3.05) is 14.2 Å². The van der Waals surface area contributed by atoms with Crippen LogP contribution >= 0.6 is 0 Å². The van der Waals surface area contributed by atoms with Gasteiger partial charge >= 0.3 is 11.9 Å². The predicted molar refractivity (Wildman–Crippen MR) is 107 cm³/mol. The van der Waals surface area contributed by atoms with E-state index in [1.165, 1.54) is 7.11 Å². The summed E-state index contributed by atoms with van der Waals surface area (Å²) in [7, 11) is 3.09. The lowest BCUT2D eigenvalue weighted by Crippen LogP contribution is -2.37. The fourth-order valence-electron chi connectivity index (χ4n) is 3.47. The third kappa shape index (κ3) is 3.83. The van der Waals surface area contributed by atoms with Crippen molar-refractivity contribution in [2.24, 2.45) is 5.41 Å². The molecule has 0 radical (unpaired) electrons. The number of hydrogen-bond donors (Lipinski definition) is 0. The van der Waals surface area contributed by atoms with Crippen LogP contribution < -0.4 is 9.47 Å². The van der Waals surface area contributed by atoms with Crippen molar-refractivity contribution in [1.29, 1.82) is 0 Å². The molecule has 0 aromatic heterocycles. The van der Waals surface area contributed by atoms with Crippen molar-refractivity contribution in [3.63, 3.8) is 0 Å². The highest BCUT2D eigenvalue weighted by Crippen LogP contribution is 2.49. The second kappa shape index (κ2) is 7.99. The number of methoxy groups -OCH3 is 2. The number of carbonyl (C=O) groups excluding carboxylic acids is 2. The zero-order valence-corrected chi connectivity index (χ0v) is 17.1. The fraction of sp³-hybridized carbons (Fsp3) is 0.304. The van der Waals surface area contributed by atoms with E-state index in [-0.39, 0.29) is 5.57 Å². The van der Waals surface area contributed by atoms with Gasteiger partial charge in [0.15, 0.2) is 11.5 Å². The van der Waals surface area contributed by atoms with Crippen molar-refractivity contribution in [3.05, 3.63) is 71.0 Å². The van der Waals surface area contributed by atoms with Crippen LogP contribution in [0.4, 0.5) is 0 Å². The third-order valence-electron chi connectivity index (χ3n) is 5.03. The summed E-state index contributed by atoms with van der Waals surface area (Å²) in [6.45, 7) is 5.35. The molecule has 6 nitrogen and oxygen atoms in total. The first kappa shape index (κ1) is 20.5. The van der Waals surface area contributed by atoms with E-state index < -0.39 is 23.5 Å². The zero-order valence-electron chi connectivity index (χ0n) is 17.1. The molecule has 1 unspecified atom stereocenters. The van der Waals surface area contributed by atoms with E-state index in [2.05, 4.69) is 0 Å². The molecule has 6 heteroatoms. The summed E-state index contributed by atoms with van der Waals surface area (Å²) < 4.78 is 22.1. The number of cyclic esters (lactones) is 1. The number of benzene rings is 2. The van der Waals surface area contributed by atoms with E-state index in [1.807, 2.05) is 19.9 Å². The molecule has 1 heterocycles. The Morgan fingerprint density at radius 3 is 2.28 bits per heavy atom. The summed E-state index contributed by atoms with van der Waals surface area (Å²) in [4.78, 5) is 25.2. The lowest BCUT2D eigenvalue weighted by molar-refractivity contribution is -0.155. The first-order valence-electron chi connectivity index (χ1n) is 9.21. The van der Waals surface area contributed by atoms with Gasteiger partial charge in [-0.3, -0.25) is 0 Å². The summed E-state index contributed by atoms with van der Waals surface area (Å²) in [5.41, 5.74) is 0.602. The first-order chi connectivity index (χ1) is 13.8. The molecule has 0 saturated heterocycles. The number of hydrogen-bond acceptors (Lipinski definition) is 6. The maximum Gasteiger partial charge on any atom is 0.343 e. The summed E-state index contributed by atoms with van der Waals surface area (Å²) >= 11 is 0. The Balaban J connectivity index is 1.99. The SMILES string of the molecule is COc1ccc(C2OC(=O)C(C)=C(OC(=O)c3ccccc3)C2(C)C)cc1OC. The molecule has 0 aliphatic carbocycles. The topological polar surface area (TPSA) is 71.1 Å². The molecule has 0 spiro atoms. The Hall–Kier alpha value is -3.28. The summed E-state index contributed by atoms with van der Waals surface area (Å²) in [6.07, 6.45) is -0.669. The fourth-order valence-corrected chi connectivity index (χ4v) is 3.47. The van der Waals surface area contributed by atoms with Gasteiger partial charge in [0.05, 0.1) is 30.8 Å². The lowest BCUT2D eigenvalue weighted by Gasteiger charge is -2.39. The second-order valence-corrected chi connectivity index (χ2v) is 7.33. The standard InChI is InChI=1S/C23H24O6/c1-14-19(28-22(25)15-9-7-6-8-10-15)23(2,3)20(29-21(14)24)16-11-12-17(26-4)18(13-16)27-5/h6-13,20H,1-5H3. The second-order valence-electron chi connectivity index (χ2n) is 7.33. The number of esters is 2. The molecule has 0 fully saturated rings. The number of ether oxygens (including phenoxy) is 4. The minimum atomic E-state index is -0.790. The molecule has 1 atom stereocenters. The van der Waals surface area contributed by atoms with Gasteiger partial charge in [0, 0.05) is 0 Å². The van der Waals surface area contributed by atoms with E-state index in [1.54, 1.807) is 56.5 Å². The Labute approximate surface area is 170 Å². The van der Waals surface area contributed by atoms with Crippen LogP contribution in [0.15, 0.2) is 59.9 Å². The van der Waals surface area contributed by atoms with Crippen LogP contribution in [-0.2, 0) is 14.3 Å². The highest BCUT2D eigenvalue weighted by molar-refractivity contribution is 5.93. The molecule has 2 aromatic carbocycles. The van der Waals surface area contributed by atoms with Crippen LogP contribution in [0.2, 0.25) is 0 Å². The van der Waals surface area contributed by atoms with Gasteiger partial charge in [0.1, 0.15) is 11.9 Å². The minimum absolute atomic E-state index is 0.274. The van der Waals surface area contributed by atoms with E-state index in [0.29, 0.717) is 28.4 Å². The van der Waals surface area contributed by atoms with Crippen LogP contribution in [-0.4, -0.2) is 26.2 Å². The van der Waals surface area contributed by atoms with Gasteiger partial charge in [-0.15, -0.1) is 0 Å². The molecular weight excluding hydrogens is 372 g/mol. The number of rotatable bonds is 5. The smallest absolute Gasteiger partial charge is 0.343 e. The Morgan fingerprint density at radius 1 is 1.00 bits per heavy atom. The Kier molecular flexibility index (Phi) is 5.64. The predicted octanol–water partition coefficient (Wildman–Crippen LogP) is 4.46. The Bertz CT molecular complexity index is 959. The number of carbonyl (C=O) groups is 2. The molecule has 0 bridgehead atoms. The minimum Gasteiger partial charge on any atom is -0.493 e. The van der Waals surface area contributed by atoms with E-state index >= 15 is 0 Å². The highest BCUT2D eigenvalue weighted by Gasteiger charge is 2.46. The lowest BCUT2D eigenvalue weighted by atomic mass is 9.77. The summed E-state index contributed by atoms with van der Waals surface area (Å²) in [5.74, 6) is 0.334. The van der Waals surface area contributed by atoms with E-state index in [0.717, 1.165) is 0 Å². The molecular formula is C23H24O6. The van der Waals surface area contributed by atoms with Crippen LogP contribution in [0, 0.1) is 5.41 Å². The van der Waals surface area contributed by atoms with Gasteiger partial charge in [-0.1, -0.05) is 24.3 Å². The van der Waals surface area contributed by atoms with E-state index in [4.69, 9.17) is 18.9 Å². The van der Waals surface area contributed by atoms with Crippen molar-refractivity contribution in [3.8, 4) is 11.5 Å². The first-order valence-corrected chi connectivity index (χ1v) is 9.21. The van der Waals surface area contributed by atoms with Gasteiger partial charge in [-0.05, 0) is 50.6 Å². The van der Waals surface area contributed by atoms with Crippen LogP contribution in [0.1, 0.15) is 42.8 Å². The molecule has 29 heavy (non-hydrogen) atoms. The summed E-state index contributed by atoms with van der Waals surface area (Å²) in [6, 6.07) is 14.0.